The molecule has 0 saturated carbocycles. The van der Waals surface area contributed by atoms with Gasteiger partial charge in [-0.05, 0) is 43.7 Å². The van der Waals surface area contributed by atoms with E-state index in [0.29, 0.717) is 25.4 Å². The van der Waals surface area contributed by atoms with Crippen molar-refractivity contribution in [2.45, 2.75) is 72.4 Å². The predicted molar refractivity (Wildman–Crippen MR) is 116 cm³/mol. The predicted octanol–water partition coefficient (Wildman–Crippen LogP) is 5.79. The molecule has 1 fully saturated rings. The van der Waals surface area contributed by atoms with Gasteiger partial charge in [0.25, 0.3) is 0 Å². The number of fused-ring (bicyclic) bond motifs is 5. The molecule has 0 radical (unpaired) electrons. The van der Waals surface area contributed by atoms with Crippen LogP contribution >= 0.6 is 0 Å². The minimum absolute atomic E-state index is 0.144. The van der Waals surface area contributed by atoms with E-state index in [-0.39, 0.29) is 22.2 Å². The molecular weight excluding hydrogens is 364 g/mol. The first-order valence-electron chi connectivity index (χ1n) is 10.8. The molecule has 29 heavy (non-hydrogen) atoms. The zero-order valence-electron chi connectivity index (χ0n) is 18.6. The Morgan fingerprint density at radius 3 is 2.48 bits per heavy atom. The van der Waals surface area contributed by atoms with E-state index in [1.54, 1.807) is 4.57 Å². The van der Waals surface area contributed by atoms with Gasteiger partial charge in [0.2, 0.25) is 0 Å². The van der Waals surface area contributed by atoms with Crippen molar-refractivity contribution in [3.05, 3.63) is 40.7 Å². The number of ether oxygens (including phenoxy) is 1. The van der Waals surface area contributed by atoms with Crippen molar-refractivity contribution in [2.24, 2.45) is 11.3 Å². The summed E-state index contributed by atoms with van der Waals surface area (Å²) in [6, 6.07) is 7.80. The van der Waals surface area contributed by atoms with Gasteiger partial charge in [-0.2, -0.15) is 0 Å². The number of carbonyl (C=O) groups is 1. The van der Waals surface area contributed by atoms with E-state index < -0.39 is 5.60 Å². The Morgan fingerprint density at radius 1 is 1.14 bits per heavy atom. The molecule has 0 N–H and O–H groups in total. The van der Waals surface area contributed by atoms with Gasteiger partial charge in [-0.25, -0.2) is 9.36 Å². The van der Waals surface area contributed by atoms with Crippen molar-refractivity contribution >= 4 is 17.0 Å². The van der Waals surface area contributed by atoms with Crippen molar-refractivity contribution in [3.63, 3.8) is 0 Å². The first kappa shape index (κ1) is 20.4. The fourth-order valence-electron chi connectivity index (χ4n) is 5.24. The molecule has 2 aliphatic heterocycles. The van der Waals surface area contributed by atoms with Crippen molar-refractivity contribution in [1.82, 2.24) is 4.57 Å². The van der Waals surface area contributed by atoms with E-state index >= 15 is 0 Å². The Hall–Kier alpha value is -1.85. The van der Waals surface area contributed by atoms with E-state index in [1.165, 1.54) is 0 Å². The topological polar surface area (TPSA) is 54.3 Å². The molecule has 2 aliphatic rings. The molecule has 0 amide bonds. The SMILES string of the molecule is CC(C)(C)OC(=O)n1c2c(c3ccccc31)CC[N@@+]1([O-])CC[C@H](C(C)(C)C)C[C@@H]21. The average Bonchev–Trinajstić information content (AvgIpc) is 2.93. The molecule has 5 heteroatoms. The molecule has 3 heterocycles. The molecule has 0 aliphatic carbocycles. The number of quaternary nitrogens is 1. The lowest BCUT2D eigenvalue weighted by molar-refractivity contribution is -0.921. The molecule has 0 spiro atoms. The third-order valence-corrected chi connectivity index (χ3v) is 6.81. The highest BCUT2D eigenvalue weighted by atomic mass is 16.6. The number of benzene rings is 1. The van der Waals surface area contributed by atoms with Gasteiger partial charge in [0.15, 0.2) is 0 Å². The van der Waals surface area contributed by atoms with Gasteiger partial charge in [-0.1, -0.05) is 39.0 Å². The van der Waals surface area contributed by atoms with Crippen LogP contribution in [0.5, 0.6) is 0 Å². The van der Waals surface area contributed by atoms with Crippen LogP contribution in [0.25, 0.3) is 10.9 Å². The van der Waals surface area contributed by atoms with Crippen LogP contribution in [0.15, 0.2) is 24.3 Å². The van der Waals surface area contributed by atoms with Crippen LogP contribution in [0.2, 0.25) is 0 Å². The second-order valence-electron chi connectivity index (χ2n) is 10.9. The normalized spacial score (nSPS) is 27.4. The molecule has 1 saturated heterocycles. The maximum atomic E-state index is 13.8. The molecule has 0 bridgehead atoms. The van der Waals surface area contributed by atoms with Crippen LogP contribution in [-0.4, -0.2) is 34.0 Å². The number of piperidine rings is 1. The second-order valence-corrected chi connectivity index (χ2v) is 10.9. The number of carbonyl (C=O) groups excluding carboxylic acids is 1. The molecule has 4 rings (SSSR count). The molecule has 158 valence electrons. The summed E-state index contributed by atoms with van der Waals surface area (Å²) in [5.41, 5.74) is 2.48. The Kier molecular flexibility index (Phi) is 4.63. The Bertz CT molecular complexity index is 947. The second kappa shape index (κ2) is 6.58. The molecule has 3 atom stereocenters. The van der Waals surface area contributed by atoms with Gasteiger partial charge in [0.1, 0.15) is 11.6 Å². The van der Waals surface area contributed by atoms with Gasteiger partial charge in [0, 0.05) is 24.6 Å². The summed E-state index contributed by atoms with van der Waals surface area (Å²) in [5, 5.41) is 14.9. The monoisotopic (exact) mass is 398 g/mol. The molecule has 1 aromatic heterocycles. The maximum Gasteiger partial charge on any atom is 0.419 e. The van der Waals surface area contributed by atoms with Crippen LogP contribution in [0.4, 0.5) is 4.79 Å². The third kappa shape index (κ3) is 3.49. The van der Waals surface area contributed by atoms with Crippen molar-refractivity contribution in [1.29, 1.82) is 0 Å². The Balaban J connectivity index is 1.90. The lowest BCUT2D eigenvalue weighted by Crippen LogP contribution is -2.55. The zero-order valence-corrected chi connectivity index (χ0v) is 18.6. The number of rotatable bonds is 0. The number of aromatic nitrogens is 1. The first-order valence-corrected chi connectivity index (χ1v) is 10.8. The molecule has 0 unspecified atom stereocenters. The highest BCUT2D eigenvalue weighted by Crippen LogP contribution is 2.50. The van der Waals surface area contributed by atoms with E-state index in [1.807, 2.05) is 39.0 Å². The summed E-state index contributed by atoms with van der Waals surface area (Å²) in [5.74, 6) is 0.462. The van der Waals surface area contributed by atoms with Crippen LogP contribution in [-0.2, 0) is 11.2 Å². The van der Waals surface area contributed by atoms with Gasteiger partial charge in [0.05, 0.1) is 24.3 Å². The number of para-hydroxylation sites is 1. The lowest BCUT2D eigenvalue weighted by atomic mass is 9.71. The van der Waals surface area contributed by atoms with E-state index in [0.717, 1.165) is 35.0 Å². The standard InChI is InChI=1S/C24H34N2O3/c1-23(2,3)16-11-13-26(28)14-12-18-17-9-7-8-10-19(17)25(21(18)20(26)15-16)22(27)29-24(4,5)6/h7-10,16,20H,11-15H2,1-6H3/t16-,20-,26-/m0/s1. The van der Waals surface area contributed by atoms with Gasteiger partial charge < -0.3 is 14.6 Å². The van der Waals surface area contributed by atoms with Crippen molar-refractivity contribution < 1.29 is 14.2 Å². The van der Waals surface area contributed by atoms with Crippen molar-refractivity contribution in [3.8, 4) is 0 Å². The fraction of sp³-hybridized carbons (Fsp3) is 0.625. The van der Waals surface area contributed by atoms with E-state index in [9.17, 15) is 10.0 Å². The Morgan fingerprint density at radius 2 is 1.83 bits per heavy atom. The molecular formula is C24H34N2O3. The summed E-state index contributed by atoms with van der Waals surface area (Å²) < 4.78 is 7.29. The van der Waals surface area contributed by atoms with E-state index in [4.69, 9.17) is 4.74 Å². The molecule has 1 aromatic carbocycles. The van der Waals surface area contributed by atoms with Crippen molar-refractivity contribution in [2.75, 3.05) is 13.1 Å². The smallest absolute Gasteiger partial charge is 0.419 e. The van der Waals surface area contributed by atoms with Gasteiger partial charge in [-0.15, -0.1) is 0 Å². The minimum Gasteiger partial charge on any atom is -0.632 e. The summed E-state index contributed by atoms with van der Waals surface area (Å²) in [6.07, 6.45) is 2.11. The summed E-state index contributed by atoms with van der Waals surface area (Å²) in [4.78, 5) is 13.3. The summed E-state index contributed by atoms with van der Waals surface area (Å²) >= 11 is 0. The fourth-order valence-corrected chi connectivity index (χ4v) is 5.24. The van der Waals surface area contributed by atoms with Crippen LogP contribution < -0.4 is 0 Å². The van der Waals surface area contributed by atoms with Crippen LogP contribution in [0, 0.1) is 16.5 Å². The largest absolute Gasteiger partial charge is 0.632 e. The Labute approximate surface area is 173 Å². The van der Waals surface area contributed by atoms with Crippen LogP contribution in [0.3, 0.4) is 0 Å². The molecule has 2 aromatic rings. The molecule has 5 nitrogen and oxygen atoms in total. The average molecular weight is 399 g/mol. The van der Waals surface area contributed by atoms with E-state index in [2.05, 4.69) is 26.8 Å². The first-order chi connectivity index (χ1) is 13.4. The summed E-state index contributed by atoms with van der Waals surface area (Å²) in [6.45, 7) is 13.6. The number of hydrogen-bond donors (Lipinski definition) is 0. The quantitative estimate of drug-likeness (QED) is 0.417. The van der Waals surface area contributed by atoms with Gasteiger partial charge >= 0.3 is 6.09 Å². The van der Waals surface area contributed by atoms with Crippen LogP contribution in [0.1, 0.15) is 71.7 Å². The number of hydrogen-bond acceptors (Lipinski definition) is 3. The summed E-state index contributed by atoms with van der Waals surface area (Å²) in [7, 11) is 0. The number of hydroxylamine groups is 3. The highest BCUT2D eigenvalue weighted by Gasteiger charge is 2.47. The third-order valence-electron chi connectivity index (χ3n) is 6.81. The van der Waals surface area contributed by atoms with Gasteiger partial charge in [-0.3, -0.25) is 0 Å². The lowest BCUT2D eigenvalue weighted by Gasteiger charge is -2.56. The maximum absolute atomic E-state index is 13.8. The number of nitrogens with zero attached hydrogens (tertiary/aromatic N) is 2. The zero-order chi connectivity index (χ0) is 21.2. The highest BCUT2D eigenvalue weighted by molar-refractivity contribution is 5.94. The minimum atomic E-state index is -0.589.